The Morgan fingerprint density at radius 2 is 1.77 bits per heavy atom. The molecule has 2 aliphatic heterocycles. The number of carbonyl (C=O) groups is 2. The van der Waals surface area contributed by atoms with Gasteiger partial charge >= 0.3 is 6.09 Å². The number of amides is 1. The summed E-state index contributed by atoms with van der Waals surface area (Å²) in [6, 6.07) is 4.21. The van der Waals surface area contributed by atoms with Gasteiger partial charge in [0.15, 0.2) is 0 Å². The summed E-state index contributed by atoms with van der Waals surface area (Å²) >= 11 is 0. The molecular formula is C20H28N2O4. The highest BCUT2D eigenvalue weighted by molar-refractivity contribution is 5.82. The van der Waals surface area contributed by atoms with Gasteiger partial charge in [-0.2, -0.15) is 0 Å². The Morgan fingerprint density at radius 1 is 1.12 bits per heavy atom. The van der Waals surface area contributed by atoms with E-state index in [0.29, 0.717) is 26.2 Å². The lowest BCUT2D eigenvalue weighted by Crippen LogP contribution is -2.38. The number of fused-ring (bicyclic) bond motifs is 2. The summed E-state index contributed by atoms with van der Waals surface area (Å²) in [6.45, 7) is 10.2. The lowest BCUT2D eigenvalue weighted by Gasteiger charge is -2.31. The first-order chi connectivity index (χ1) is 12.2. The maximum absolute atomic E-state index is 12.4. The molecule has 0 bridgehead atoms. The van der Waals surface area contributed by atoms with E-state index in [0.717, 1.165) is 30.8 Å². The lowest BCUT2D eigenvalue weighted by molar-refractivity contribution is -0.115. The molecule has 0 saturated carbocycles. The van der Waals surface area contributed by atoms with E-state index in [1.165, 1.54) is 11.1 Å². The number of benzene rings is 1. The van der Waals surface area contributed by atoms with Crippen molar-refractivity contribution in [2.24, 2.45) is 0 Å². The van der Waals surface area contributed by atoms with Crippen LogP contribution in [0.4, 0.5) is 10.5 Å². The predicted octanol–water partition coefficient (Wildman–Crippen LogP) is 2.81. The minimum absolute atomic E-state index is 0.142. The molecule has 6 heteroatoms. The minimum atomic E-state index is -0.490. The number of Topliss-reactive ketones (excluding diaryl/α,β-unsaturated/α-hetero) is 1. The van der Waals surface area contributed by atoms with Crippen molar-refractivity contribution in [2.75, 3.05) is 37.7 Å². The summed E-state index contributed by atoms with van der Waals surface area (Å²) in [5.41, 5.74) is 2.92. The Balaban J connectivity index is 1.78. The Hall–Kier alpha value is -2.24. The lowest BCUT2D eigenvalue weighted by atomic mass is 10.0. The first kappa shape index (κ1) is 18.5. The zero-order valence-electron chi connectivity index (χ0n) is 16.1. The van der Waals surface area contributed by atoms with Crippen LogP contribution in [0.15, 0.2) is 12.1 Å². The van der Waals surface area contributed by atoms with Gasteiger partial charge in [-0.25, -0.2) is 4.79 Å². The number of ketones is 1. The van der Waals surface area contributed by atoms with Crippen LogP contribution in [0.1, 0.15) is 38.8 Å². The maximum atomic E-state index is 12.4. The highest BCUT2D eigenvalue weighted by Gasteiger charge is 2.26. The third-order valence-corrected chi connectivity index (χ3v) is 4.61. The molecule has 1 amide bonds. The van der Waals surface area contributed by atoms with Gasteiger partial charge in [-0.1, -0.05) is 0 Å². The van der Waals surface area contributed by atoms with Gasteiger partial charge in [-0.3, -0.25) is 4.79 Å². The summed E-state index contributed by atoms with van der Waals surface area (Å²) in [6.07, 6.45) is 1.29. The molecule has 0 aromatic heterocycles. The molecule has 0 radical (unpaired) electrons. The van der Waals surface area contributed by atoms with Crippen LogP contribution in [0.2, 0.25) is 0 Å². The van der Waals surface area contributed by atoms with Gasteiger partial charge in [0, 0.05) is 13.1 Å². The van der Waals surface area contributed by atoms with E-state index in [9.17, 15) is 9.59 Å². The summed E-state index contributed by atoms with van der Waals surface area (Å²) in [7, 11) is 0. The summed E-state index contributed by atoms with van der Waals surface area (Å²) in [5.74, 6) is 0.978. The van der Waals surface area contributed by atoms with Gasteiger partial charge in [-0.05, 0) is 63.8 Å². The van der Waals surface area contributed by atoms with Gasteiger partial charge in [0.2, 0.25) is 0 Å². The number of hydrogen-bond acceptors (Lipinski definition) is 5. The fraction of sp³-hybridized carbons (Fsp3) is 0.600. The molecule has 0 fully saturated rings. The molecule has 2 heterocycles. The van der Waals surface area contributed by atoms with Crippen LogP contribution in [0.3, 0.4) is 0 Å². The Morgan fingerprint density at radius 3 is 2.38 bits per heavy atom. The van der Waals surface area contributed by atoms with E-state index in [2.05, 4.69) is 17.0 Å². The molecule has 0 unspecified atom stereocenters. The quantitative estimate of drug-likeness (QED) is 0.812. The van der Waals surface area contributed by atoms with E-state index in [1.807, 2.05) is 20.8 Å². The standard InChI is InChI=1S/C20H28N2O4/c1-14(23)13-22-9-10-25-18-12-16-6-8-21(19(24)26-20(2,3)4)7-5-15(16)11-17(18)22/h11-12H,5-10,13H2,1-4H3. The molecule has 0 N–H and O–H groups in total. The van der Waals surface area contributed by atoms with Crippen molar-refractivity contribution in [1.82, 2.24) is 4.90 Å². The minimum Gasteiger partial charge on any atom is -0.490 e. The highest BCUT2D eigenvalue weighted by Crippen LogP contribution is 2.35. The zero-order valence-corrected chi connectivity index (χ0v) is 16.1. The predicted molar refractivity (Wildman–Crippen MR) is 100 cm³/mol. The van der Waals surface area contributed by atoms with Crippen molar-refractivity contribution in [3.8, 4) is 5.75 Å². The number of nitrogens with zero attached hydrogens (tertiary/aromatic N) is 2. The van der Waals surface area contributed by atoms with Crippen molar-refractivity contribution in [1.29, 1.82) is 0 Å². The molecule has 3 rings (SSSR count). The van der Waals surface area contributed by atoms with E-state index < -0.39 is 5.60 Å². The first-order valence-electron chi connectivity index (χ1n) is 9.24. The number of ether oxygens (including phenoxy) is 2. The normalized spacial score (nSPS) is 16.9. The van der Waals surface area contributed by atoms with Crippen LogP contribution < -0.4 is 9.64 Å². The highest BCUT2D eigenvalue weighted by atomic mass is 16.6. The zero-order chi connectivity index (χ0) is 18.9. The first-order valence-corrected chi connectivity index (χ1v) is 9.24. The average Bonchev–Trinajstić information content (AvgIpc) is 2.73. The van der Waals surface area contributed by atoms with Crippen molar-refractivity contribution >= 4 is 17.6 Å². The van der Waals surface area contributed by atoms with Crippen LogP contribution >= 0.6 is 0 Å². The van der Waals surface area contributed by atoms with E-state index in [1.54, 1.807) is 11.8 Å². The third-order valence-electron chi connectivity index (χ3n) is 4.61. The van der Waals surface area contributed by atoms with Crippen LogP contribution in [0.5, 0.6) is 5.75 Å². The topological polar surface area (TPSA) is 59.1 Å². The fourth-order valence-electron chi connectivity index (χ4n) is 3.43. The molecule has 0 spiro atoms. The van der Waals surface area contributed by atoms with Crippen molar-refractivity contribution in [3.05, 3.63) is 23.3 Å². The van der Waals surface area contributed by atoms with Crippen LogP contribution in [0.25, 0.3) is 0 Å². The molecule has 26 heavy (non-hydrogen) atoms. The van der Waals surface area contributed by atoms with Crippen molar-refractivity contribution in [3.63, 3.8) is 0 Å². The molecule has 0 atom stereocenters. The Labute approximate surface area is 155 Å². The number of rotatable bonds is 2. The second kappa shape index (κ2) is 7.17. The molecule has 6 nitrogen and oxygen atoms in total. The second-order valence-electron chi connectivity index (χ2n) is 8.03. The van der Waals surface area contributed by atoms with E-state index >= 15 is 0 Å². The van der Waals surface area contributed by atoms with Crippen molar-refractivity contribution in [2.45, 2.75) is 46.1 Å². The number of hydrogen-bond donors (Lipinski definition) is 0. The third kappa shape index (κ3) is 4.29. The summed E-state index contributed by atoms with van der Waals surface area (Å²) < 4.78 is 11.3. The molecular weight excluding hydrogens is 332 g/mol. The van der Waals surface area contributed by atoms with Gasteiger partial charge in [0.1, 0.15) is 23.7 Å². The van der Waals surface area contributed by atoms with E-state index in [4.69, 9.17) is 9.47 Å². The van der Waals surface area contributed by atoms with Crippen LogP contribution in [-0.2, 0) is 22.4 Å². The SMILES string of the molecule is CC(=O)CN1CCOc2cc3c(cc21)CCN(C(=O)OC(C)(C)C)CC3. The second-order valence-corrected chi connectivity index (χ2v) is 8.03. The number of carbonyl (C=O) groups excluding carboxylic acids is 2. The summed E-state index contributed by atoms with van der Waals surface area (Å²) in [5, 5.41) is 0. The molecule has 0 saturated heterocycles. The van der Waals surface area contributed by atoms with Crippen LogP contribution in [0, 0.1) is 0 Å². The largest absolute Gasteiger partial charge is 0.490 e. The number of anilines is 1. The Kier molecular flexibility index (Phi) is 5.12. The van der Waals surface area contributed by atoms with Crippen molar-refractivity contribution < 1.29 is 19.1 Å². The molecule has 142 valence electrons. The van der Waals surface area contributed by atoms with Gasteiger partial charge in [-0.15, -0.1) is 0 Å². The summed E-state index contributed by atoms with van der Waals surface area (Å²) in [4.78, 5) is 27.8. The van der Waals surface area contributed by atoms with Crippen LogP contribution in [-0.4, -0.2) is 55.2 Å². The fourth-order valence-corrected chi connectivity index (χ4v) is 3.43. The Bertz CT molecular complexity index is 708. The van der Waals surface area contributed by atoms with Gasteiger partial charge in [0.25, 0.3) is 0 Å². The average molecular weight is 360 g/mol. The van der Waals surface area contributed by atoms with Gasteiger partial charge in [0.05, 0.1) is 18.8 Å². The smallest absolute Gasteiger partial charge is 0.410 e. The molecule has 1 aromatic rings. The van der Waals surface area contributed by atoms with E-state index in [-0.39, 0.29) is 11.9 Å². The maximum Gasteiger partial charge on any atom is 0.410 e. The van der Waals surface area contributed by atoms with Gasteiger partial charge < -0.3 is 19.3 Å². The molecule has 0 aliphatic carbocycles. The monoisotopic (exact) mass is 360 g/mol. The molecule has 1 aromatic carbocycles. The molecule has 2 aliphatic rings.